The number of rotatable bonds is 4. The zero-order valence-corrected chi connectivity index (χ0v) is 14.5. The van der Waals surface area contributed by atoms with E-state index >= 15 is 4.39 Å². The molecule has 6 nitrogen and oxygen atoms in total. The summed E-state index contributed by atoms with van der Waals surface area (Å²) in [5.41, 5.74) is -2.09. The van der Waals surface area contributed by atoms with Gasteiger partial charge in [-0.2, -0.15) is 26.0 Å². The summed E-state index contributed by atoms with van der Waals surface area (Å²) in [6.07, 6.45) is -1.84. The van der Waals surface area contributed by atoms with Gasteiger partial charge >= 0.3 is 6.18 Å². The first kappa shape index (κ1) is 19.7. The average Bonchev–Trinajstić information content (AvgIpc) is 2.61. The number of aromatic nitrogens is 2. The summed E-state index contributed by atoms with van der Waals surface area (Å²) >= 11 is 0. The third-order valence-corrected chi connectivity index (χ3v) is 4.94. The van der Waals surface area contributed by atoms with E-state index in [1.807, 2.05) is 10.0 Å². The largest absolute Gasteiger partial charge is 0.417 e. The Hall–Kier alpha value is -3.02. The van der Waals surface area contributed by atoms with Crippen molar-refractivity contribution in [3.8, 4) is 0 Å². The van der Waals surface area contributed by atoms with Crippen molar-refractivity contribution in [2.45, 2.75) is 17.0 Å². The summed E-state index contributed by atoms with van der Waals surface area (Å²) in [6.45, 7) is 0. The molecule has 0 bridgehead atoms. The molecule has 2 aromatic rings. The number of dihydropyridines is 1. The highest BCUT2D eigenvalue weighted by Crippen LogP contribution is 2.43. The molecule has 1 atom stereocenters. The van der Waals surface area contributed by atoms with Crippen molar-refractivity contribution in [3.05, 3.63) is 77.8 Å². The lowest BCUT2D eigenvalue weighted by molar-refractivity contribution is -0.114. The Morgan fingerprint density at radius 3 is 2.46 bits per heavy atom. The molecule has 12 heteroatoms. The molecule has 1 aliphatic heterocycles. The number of hydrogen-bond acceptors (Lipinski definition) is 5. The highest BCUT2D eigenvalue weighted by Gasteiger charge is 2.52. The molecule has 2 N–H and O–H groups in total. The Morgan fingerprint density at radius 1 is 1.11 bits per heavy atom. The van der Waals surface area contributed by atoms with Crippen molar-refractivity contribution < 1.29 is 30.4 Å². The molecule has 0 fully saturated rings. The van der Waals surface area contributed by atoms with Crippen LogP contribution in [0.5, 0.6) is 0 Å². The van der Waals surface area contributed by atoms with Crippen LogP contribution >= 0.6 is 0 Å². The molecule has 3 rings (SSSR count). The SMILES string of the molecule is O=S(=O)(NC1=CC=C(C(F)(F)F)C(F)(c2cccnc2)N1)c1cccc(F)n1. The first-order valence-corrected chi connectivity index (χ1v) is 9.03. The molecule has 0 saturated heterocycles. The predicted molar refractivity (Wildman–Crippen MR) is 86.9 cm³/mol. The Balaban J connectivity index is 2.00. The van der Waals surface area contributed by atoms with Gasteiger partial charge in [-0.1, -0.05) is 12.1 Å². The molecule has 0 aliphatic carbocycles. The minimum atomic E-state index is -5.05. The molecule has 0 amide bonds. The Kier molecular flexibility index (Phi) is 4.83. The van der Waals surface area contributed by atoms with E-state index in [4.69, 9.17) is 0 Å². The molecule has 2 aromatic heterocycles. The van der Waals surface area contributed by atoms with Gasteiger partial charge < -0.3 is 5.32 Å². The number of pyridine rings is 2. The molecule has 3 heterocycles. The van der Waals surface area contributed by atoms with E-state index in [0.717, 1.165) is 30.5 Å². The van der Waals surface area contributed by atoms with Gasteiger partial charge in [0.2, 0.25) is 11.7 Å². The zero-order chi connectivity index (χ0) is 20.6. The van der Waals surface area contributed by atoms with Crippen LogP contribution in [0.1, 0.15) is 5.56 Å². The molecule has 0 spiro atoms. The summed E-state index contributed by atoms with van der Waals surface area (Å²) in [5.74, 6) is -5.00. The van der Waals surface area contributed by atoms with E-state index in [2.05, 4.69) is 9.97 Å². The molecule has 148 valence electrons. The fraction of sp³-hybridized carbons (Fsp3) is 0.125. The molecule has 1 aliphatic rings. The second-order valence-corrected chi connectivity index (χ2v) is 7.22. The van der Waals surface area contributed by atoms with Gasteiger partial charge in [0.1, 0.15) is 5.82 Å². The lowest BCUT2D eigenvalue weighted by Crippen LogP contribution is -2.49. The average molecular weight is 418 g/mol. The van der Waals surface area contributed by atoms with Gasteiger partial charge in [-0.05, 0) is 30.4 Å². The summed E-state index contributed by atoms with van der Waals surface area (Å²) in [6, 6.07) is 5.24. The summed E-state index contributed by atoms with van der Waals surface area (Å²) in [7, 11) is -4.49. The van der Waals surface area contributed by atoms with Crippen LogP contribution in [0.2, 0.25) is 0 Å². The lowest BCUT2D eigenvalue weighted by atomic mass is 9.94. The van der Waals surface area contributed by atoms with Gasteiger partial charge in [0.15, 0.2) is 5.03 Å². The van der Waals surface area contributed by atoms with Gasteiger partial charge in [0, 0.05) is 18.0 Å². The van der Waals surface area contributed by atoms with Crippen LogP contribution in [-0.2, 0) is 15.8 Å². The number of hydrogen-bond donors (Lipinski definition) is 2. The normalized spacial score (nSPS) is 20.0. The summed E-state index contributed by atoms with van der Waals surface area (Å²) < 4.78 is 95.0. The molecule has 1 unspecified atom stereocenters. The first-order chi connectivity index (χ1) is 13.0. The minimum absolute atomic E-state index is 0.403. The highest BCUT2D eigenvalue weighted by molar-refractivity contribution is 7.89. The Morgan fingerprint density at radius 2 is 1.86 bits per heavy atom. The number of halogens is 5. The van der Waals surface area contributed by atoms with Crippen molar-refractivity contribution in [3.63, 3.8) is 0 Å². The quantitative estimate of drug-likeness (QED) is 0.453. The topological polar surface area (TPSA) is 84.0 Å². The number of allylic oxidation sites excluding steroid dienone is 2. The monoisotopic (exact) mass is 418 g/mol. The van der Waals surface area contributed by atoms with Crippen molar-refractivity contribution in [2.24, 2.45) is 0 Å². The van der Waals surface area contributed by atoms with Crippen LogP contribution in [0.4, 0.5) is 22.0 Å². The van der Waals surface area contributed by atoms with Gasteiger partial charge in [-0.15, -0.1) is 0 Å². The van der Waals surface area contributed by atoms with Crippen LogP contribution < -0.4 is 10.0 Å². The van der Waals surface area contributed by atoms with Crippen LogP contribution in [0.25, 0.3) is 0 Å². The van der Waals surface area contributed by atoms with Gasteiger partial charge in [0.05, 0.1) is 5.57 Å². The van der Waals surface area contributed by atoms with E-state index < -0.39 is 49.9 Å². The van der Waals surface area contributed by atoms with Crippen LogP contribution in [0, 0.1) is 5.95 Å². The van der Waals surface area contributed by atoms with Gasteiger partial charge in [-0.25, -0.2) is 9.37 Å². The van der Waals surface area contributed by atoms with Crippen LogP contribution in [0.15, 0.2) is 71.3 Å². The van der Waals surface area contributed by atoms with E-state index in [1.165, 1.54) is 12.3 Å². The number of alkyl halides is 4. The lowest BCUT2D eigenvalue weighted by Gasteiger charge is -2.34. The van der Waals surface area contributed by atoms with Crippen LogP contribution in [-0.4, -0.2) is 24.6 Å². The van der Waals surface area contributed by atoms with Crippen molar-refractivity contribution in [1.29, 1.82) is 0 Å². The third kappa shape index (κ3) is 3.81. The molecular weight excluding hydrogens is 407 g/mol. The third-order valence-electron chi connectivity index (χ3n) is 3.67. The van der Waals surface area contributed by atoms with E-state index in [1.54, 1.807) is 0 Å². The number of sulfonamides is 1. The number of nitrogens with zero attached hydrogens (tertiary/aromatic N) is 2. The van der Waals surface area contributed by atoms with Crippen molar-refractivity contribution >= 4 is 10.0 Å². The molecule has 28 heavy (non-hydrogen) atoms. The number of nitrogens with one attached hydrogen (secondary N) is 2. The first-order valence-electron chi connectivity index (χ1n) is 7.55. The maximum Gasteiger partial charge on any atom is 0.417 e. The second kappa shape index (κ2) is 6.86. The molecular formula is C16H11F5N4O2S. The maximum absolute atomic E-state index is 15.5. The minimum Gasteiger partial charge on any atom is -0.332 e. The Labute approximate surface area is 155 Å². The second-order valence-electron chi connectivity index (χ2n) is 5.59. The summed E-state index contributed by atoms with van der Waals surface area (Å²) in [5, 5.41) is 1.17. The smallest absolute Gasteiger partial charge is 0.332 e. The highest BCUT2D eigenvalue weighted by atomic mass is 32.2. The fourth-order valence-corrected chi connectivity index (χ4v) is 3.43. The molecule has 0 saturated carbocycles. The summed E-state index contributed by atoms with van der Waals surface area (Å²) in [4.78, 5) is 6.78. The van der Waals surface area contributed by atoms with Crippen LogP contribution in [0.3, 0.4) is 0 Å². The molecule has 0 aromatic carbocycles. The Bertz CT molecular complexity index is 1050. The standard InChI is InChI=1S/C16H11F5N4O2S/c17-12-4-1-5-14(23-12)28(26,27)25-13-7-6-11(16(19,20)21)15(18,24-13)10-3-2-8-22-9-10/h1-9,24-25H. The van der Waals surface area contributed by atoms with Gasteiger partial charge in [0.25, 0.3) is 10.0 Å². The van der Waals surface area contributed by atoms with Crippen molar-refractivity contribution in [2.75, 3.05) is 0 Å². The van der Waals surface area contributed by atoms with Gasteiger partial charge in [-0.3, -0.25) is 9.71 Å². The zero-order valence-electron chi connectivity index (χ0n) is 13.7. The van der Waals surface area contributed by atoms with Crippen molar-refractivity contribution in [1.82, 2.24) is 20.0 Å². The predicted octanol–water partition coefficient (Wildman–Crippen LogP) is 2.65. The molecule has 0 radical (unpaired) electrons. The van der Waals surface area contributed by atoms with E-state index in [9.17, 15) is 26.0 Å². The maximum atomic E-state index is 15.5. The fourth-order valence-electron chi connectivity index (χ4n) is 2.46. The van der Waals surface area contributed by atoms with E-state index in [-0.39, 0.29) is 0 Å². The van der Waals surface area contributed by atoms with E-state index in [0.29, 0.717) is 12.2 Å².